The molecule has 20 heavy (non-hydrogen) atoms. The molecule has 104 valence electrons. The summed E-state index contributed by atoms with van der Waals surface area (Å²) in [6, 6.07) is 1.53. The van der Waals surface area contributed by atoms with Crippen LogP contribution in [-0.4, -0.2) is 41.9 Å². The Morgan fingerprint density at radius 2 is 2.30 bits per heavy atom. The molecule has 2 aromatic heterocycles. The third-order valence-electron chi connectivity index (χ3n) is 2.26. The lowest BCUT2D eigenvalue weighted by atomic mass is 10.4. The number of carbonyl (C=O) groups excluding carboxylic acids is 1. The predicted molar refractivity (Wildman–Crippen MR) is 66.8 cm³/mol. The molecule has 0 radical (unpaired) electrons. The highest BCUT2D eigenvalue weighted by molar-refractivity contribution is 5.92. The van der Waals surface area contributed by atoms with Crippen LogP contribution in [0.2, 0.25) is 0 Å². The number of nitro groups is 1. The lowest BCUT2D eigenvalue weighted by Crippen LogP contribution is -2.24. The van der Waals surface area contributed by atoms with Gasteiger partial charge in [0.1, 0.15) is 5.69 Å². The molecule has 0 fully saturated rings. The summed E-state index contributed by atoms with van der Waals surface area (Å²) < 4.78 is 2.66. The number of aromatic nitrogens is 5. The first-order valence-corrected chi connectivity index (χ1v) is 5.56. The normalized spacial score (nSPS) is 10.2. The molecule has 1 N–H and O–H groups in total. The summed E-state index contributed by atoms with van der Waals surface area (Å²) in [4.78, 5) is 24.9. The van der Waals surface area contributed by atoms with E-state index < -0.39 is 10.9 Å². The number of hydrogen-bond donors (Lipinski definition) is 1. The molecule has 0 unspecified atom stereocenters. The molecule has 2 heterocycles. The van der Waals surface area contributed by atoms with Gasteiger partial charge in [-0.3, -0.25) is 4.79 Å². The molecule has 0 atom stereocenters. The van der Waals surface area contributed by atoms with Gasteiger partial charge in [-0.25, -0.2) is 4.68 Å². The maximum atomic E-state index is 11.6. The Balaban J connectivity index is 2.03. The molecule has 0 spiro atoms. The Labute approximate surface area is 112 Å². The third kappa shape index (κ3) is 3.04. The minimum Gasteiger partial charge on any atom is -0.390 e. The molecular weight excluding hydrogens is 266 g/mol. The molecule has 2 aromatic rings. The fourth-order valence-corrected chi connectivity index (χ4v) is 1.40. The molecule has 0 aliphatic rings. The van der Waals surface area contributed by atoms with Crippen LogP contribution in [0.1, 0.15) is 10.5 Å². The van der Waals surface area contributed by atoms with Gasteiger partial charge in [0.15, 0.2) is 6.67 Å². The number of amides is 1. The number of nitrogens with one attached hydrogen (secondary N) is 1. The zero-order chi connectivity index (χ0) is 14.5. The molecule has 10 heteroatoms. The predicted octanol–water partition coefficient (Wildman–Crippen LogP) is -0.196. The van der Waals surface area contributed by atoms with Crippen LogP contribution >= 0.6 is 0 Å². The monoisotopic (exact) mass is 277 g/mol. The van der Waals surface area contributed by atoms with Crippen molar-refractivity contribution in [2.75, 3.05) is 6.54 Å². The van der Waals surface area contributed by atoms with Crippen molar-refractivity contribution in [2.24, 2.45) is 0 Å². The fourth-order valence-electron chi connectivity index (χ4n) is 1.40. The van der Waals surface area contributed by atoms with E-state index in [1.54, 1.807) is 12.3 Å². The van der Waals surface area contributed by atoms with Gasteiger partial charge in [0.05, 0.1) is 0 Å². The van der Waals surface area contributed by atoms with E-state index in [1.807, 2.05) is 0 Å². The van der Waals surface area contributed by atoms with E-state index in [0.29, 0.717) is 6.54 Å². The van der Waals surface area contributed by atoms with Gasteiger partial charge in [-0.2, -0.15) is 9.78 Å². The summed E-state index contributed by atoms with van der Waals surface area (Å²) in [6.45, 7) is 3.96. The van der Waals surface area contributed by atoms with Gasteiger partial charge >= 0.3 is 5.95 Å². The van der Waals surface area contributed by atoms with Crippen molar-refractivity contribution >= 4 is 11.9 Å². The SMILES string of the molecule is C=CCNC(=O)c1ccn(Cn2cnc([N+](=O)[O-])n2)n1. The zero-order valence-electron chi connectivity index (χ0n) is 10.3. The van der Waals surface area contributed by atoms with E-state index in [-0.39, 0.29) is 18.3 Å². The van der Waals surface area contributed by atoms with Gasteiger partial charge in [-0.1, -0.05) is 11.1 Å². The molecule has 10 nitrogen and oxygen atoms in total. The quantitative estimate of drug-likeness (QED) is 0.443. The molecule has 0 saturated heterocycles. The highest BCUT2D eigenvalue weighted by Gasteiger charge is 2.14. The summed E-state index contributed by atoms with van der Waals surface area (Å²) in [5.74, 6) is -0.811. The van der Waals surface area contributed by atoms with Gasteiger partial charge < -0.3 is 15.4 Å². The Kier molecular flexibility index (Phi) is 3.84. The van der Waals surface area contributed by atoms with E-state index in [4.69, 9.17) is 0 Å². The first kappa shape index (κ1) is 13.4. The van der Waals surface area contributed by atoms with Gasteiger partial charge in [0, 0.05) is 17.8 Å². The first-order valence-electron chi connectivity index (χ1n) is 5.56. The van der Waals surface area contributed by atoms with Crippen molar-refractivity contribution in [1.82, 2.24) is 29.9 Å². The van der Waals surface area contributed by atoms with Gasteiger partial charge in [-0.15, -0.1) is 6.58 Å². The summed E-state index contributed by atoms with van der Waals surface area (Å²) in [6.07, 6.45) is 4.34. The lowest BCUT2D eigenvalue weighted by Gasteiger charge is -1.99. The fraction of sp³-hybridized carbons (Fsp3) is 0.200. The summed E-state index contributed by atoms with van der Waals surface area (Å²) >= 11 is 0. The minimum absolute atomic E-state index is 0.121. The standard InChI is InChI=1S/C10H11N7O3/c1-2-4-11-9(18)8-3-5-15(13-8)7-16-6-12-10(14-16)17(19)20/h2-3,5-6H,1,4,7H2,(H,11,18). The van der Waals surface area contributed by atoms with Crippen LogP contribution in [0.15, 0.2) is 31.2 Å². The van der Waals surface area contributed by atoms with Crippen molar-refractivity contribution in [2.45, 2.75) is 6.67 Å². The van der Waals surface area contributed by atoms with E-state index >= 15 is 0 Å². The van der Waals surface area contributed by atoms with Crippen LogP contribution < -0.4 is 5.32 Å². The number of hydrogen-bond acceptors (Lipinski definition) is 6. The molecule has 0 aliphatic heterocycles. The van der Waals surface area contributed by atoms with Crippen LogP contribution in [0.25, 0.3) is 0 Å². The first-order chi connectivity index (χ1) is 9.60. The summed E-state index contributed by atoms with van der Waals surface area (Å²) in [5, 5.41) is 20.7. The lowest BCUT2D eigenvalue weighted by molar-refractivity contribution is -0.394. The minimum atomic E-state index is -0.687. The Bertz CT molecular complexity index is 645. The average molecular weight is 277 g/mol. The van der Waals surface area contributed by atoms with Gasteiger partial charge in [0.25, 0.3) is 5.91 Å². The third-order valence-corrected chi connectivity index (χ3v) is 2.26. The Hall–Kier alpha value is -3.04. The molecule has 0 bridgehead atoms. The maximum Gasteiger partial charge on any atom is 0.491 e. The average Bonchev–Trinajstić information content (AvgIpc) is 3.05. The summed E-state index contributed by atoms with van der Waals surface area (Å²) in [5.41, 5.74) is 0.237. The largest absolute Gasteiger partial charge is 0.491 e. The van der Waals surface area contributed by atoms with E-state index in [2.05, 4.69) is 27.1 Å². The summed E-state index contributed by atoms with van der Waals surface area (Å²) in [7, 11) is 0. The molecular formula is C10H11N7O3. The molecule has 1 amide bonds. The van der Waals surface area contributed by atoms with Gasteiger partial charge in [0.2, 0.25) is 6.33 Å². The van der Waals surface area contributed by atoms with Crippen molar-refractivity contribution in [3.05, 3.63) is 47.1 Å². The number of nitrogens with zero attached hydrogens (tertiary/aromatic N) is 6. The topological polar surface area (TPSA) is 121 Å². The zero-order valence-corrected chi connectivity index (χ0v) is 10.3. The van der Waals surface area contributed by atoms with Crippen molar-refractivity contribution < 1.29 is 9.72 Å². The molecule has 0 saturated carbocycles. The van der Waals surface area contributed by atoms with Gasteiger partial charge in [-0.05, 0) is 11.0 Å². The van der Waals surface area contributed by atoms with Crippen molar-refractivity contribution in [3.63, 3.8) is 0 Å². The Morgan fingerprint density at radius 1 is 1.50 bits per heavy atom. The van der Waals surface area contributed by atoms with Crippen LogP contribution in [0, 0.1) is 10.1 Å². The van der Waals surface area contributed by atoms with Crippen LogP contribution in [0.5, 0.6) is 0 Å². The van der Waals surface area contributed by atoms with Crippen LogP contribution in [0.4, 0.5) is 5.95 Å². The number of rotatable bonds is 6. The van der Waals surface area contributed by atoms with Crippen molar-refractivity contribution in [1.29, 1.82) is 0 Å². The second kappa shape index (κ2) is 5.73. The maximum absolute atomic E-state index is 11.6. The highest BCUT2D eigenvalue weighted by Crippen LogP contribution is 2.01. The molecule has 0 aromatic carbocycles. The van der Waals surface area contributed by atoms with Crippen LogP contribution in [0.3, 0.4) is 0 Å². The molecule has 2 rings (SSSR count). The van der Waals surface area contributed by atoms with E-state index in [9.17, 15) is 14.9 Å². The second-order valence-electron chi connectivity index (χ2n) is 3.72. The number of carbonyl (C=O) groups is 1. The highest BCUT2D eigenvalue weighted by atomic mass is 16.6. The van der Waals surface area contributed by atoms with E-state index in [1.165, 1.54) is 21.8 Å². The smallest absolute Gasteiger partial charge is 0.390 e. The molecule has 0 aliphatic carbocycles. The van der Waals surface area contributed by atoms with Crippen molar-refractivity contribution in [3.8, 4) is 0 Å². The van der Waals surface area contributed by atoms with E-state index in [0.717, 1.165) is 0 Å². The second-order valence-corrected chi connectivity index (χ2v) is 3.72. The Morgan fingerprint density at radius 3 is 2.95 bits per heavy atom. The van der Waals surface area contributed by atoms with Crippen LogP contribution in [-0.2, 0) is 6.67 Å².